The molecular weight excluding hydrogens is 211 g/mol. The summed E-state index contributed by atoms with van der Waals surface area (Å²) in [6, 6.07) is 6.09. The number of carbonyl (C=O) groups is 1. The SMILES string of the molecule is O=C(O)N[C@@H]1CNC[C@H]1c1cccc(F)c1. The van der Waals surface area contributed by atoms with Gasteiger partial charge in [-0.25, -0.2) is 9.18 Å². The molecule has 2 atom stereocenters. The highest BCUT2D eigenvalue weighted by atomic mass is 19.1. The third-order valence-electron chi connectivity index (χ3n) is 2.80. The minimum atomic E-state index is -1.05. The Morgan fingerprint density at radius 1 is 1.50 bits per heavy atom. The highest BCUT2D eigenvalue weighted by Crippen LogP contribution is 2.23. The van der Waals surface area contributed by atoms with Crippen molar-refractivity contribution in [1.82, 2.24) is 10.6 Å². The third-order valence-corrected chi connectivity index (χ3v) is 2.80. The molecule has 1 heterocycles. The van der Waals surface area contributed by atoms with E-state index in [0.29, 0.717) is 13.1 Å². The molecule has 1 aliphatic rings. The molecule has 5 heteroatoms. The predicted octanol–water partition coefficient (Wildman–Crippen LogP) is 1.15. The molecule has 0 saturated carbocycles. The molecule has 86 valence electrons. The predicted molar refractivity (Wildman–Crippen MR) is 57.0 cm³/mol. The van der Waals surface area contributed by atoms with Crippen molar-refractivity contribution in [1.29, 1.82) is 0 Å². The van der Waals surface area contributed by atoms with Crippen molar-refractivity contribution < 1.29 is 14.3 Å². The minimum Gasteiger partial charge on any atom is -0.465 e. The van der Waals surface area contributed by atoms with Gasteiger partial charge in [0.1, 0.15) is 5.82 Å². The van der Waals surface area contributed by atoms with Crippen LogP contribution >= 0.6 is 0 Å². The lowest BCUT2D eigenvalue weighted by Crippen LogP contribution is -2.38. The van der Waals surface area contributed by atoms with Crippen molar-refractivity contribution in [3.8, 4) is 0 Å². The maximum absolute atomic E-state index is 13.1. The molecule has 0 spiro atoms. The smallest absolute Gasteiger partial charge is 0.404 e. The number of benzene rings is 1. The zero-order valence-electron chi connectivity index (χ0n) is 8.61. The molecule has 1 fully saturated rings. The van der Waals surface area contributed by atoms with E-state index in [4.69, 9.17) is 5.11 Å². The van der Waals surface area contributed by atoms with Gasteiger partial charge in [-0.05, 0) is 17.7 Å². The zero-order chi connectivity index (χ0) is 11.5. The molecule has 16 heavy (non-hydrogen) atoms. The standard InChI is InChI=1S/C11H13FN2O2/c12-8-3-1-2-7(4-8)9-5-13-6-10(9)14-11(15)16/h1-4,9-10,13-14H,5-6H2,(H,15,16)/t9-,10+/m0/s1. The summed E-state index contributed by atoms with van der Waals surface area (Å²) in [6.07, 6.45) is -1.05. The Kier molecular flexibility index (Phi) is 3.05. The molecule has 3 N–H and O–H groups in total. The normalized spacial score (nSPS) is 24.3. The maximum atomic E-state index is 13.1. The summed E-state index contributed by atoms with van der Waals surface area (Å²) >= 11 is 0. The first-order chi connectivity index (χ1) is 7.66. The van der Waals surface area contributed by atoms with E-state index < -0.39 is 6.09 Å². The monoisotopic (exact) mass is 224 g/mol. The van der Waals surface area contributed by atoms with Gasteiger partial charge in [-0.2, -0.15) is 0 Å². The molecule has 1 saturated heterocycles. The third kappa shape index (κ3) is 2.30. The van der Waals surface area contributed by atoms with Crippen molar-refractivity contribution in [2.75, 3.05) is 13.1 Å². The van der Waals surface area contributed by atoms with E-state index in [0.717, 1.165) is 5.56 Å². The summed E-state index contributed by atoms with van der Waals surface area (Å²) in [6.45, 7) is 1.24. The largest absolute Gasteiger partial charge is 0.465 e. The van der Waals surface area contributed by atoms with Crippen molar-refractivity contribution in [2.24, 2.45) is 0 Å². The van der Waals surface area contributed by atoms with E-state index in [1.165, 1.54) is 12.1 Å². The fourth-order valence-corrected chi connectivity index (χ4v) is 2.08. The molecule has 2 rings (SSSR count). The number of amides is 1. The van der Waals surface area contributed by atoms with Gasteiger partial charge in [0, 0.05) is 19.0 Å². The fourth-order valence-electron chi connectivity index (χ4n) is 2.08. The van der Waals surface area contributed by atoms with E-state index in [1.807, 2.05) is 6.07 Å². The highest BCUT2D eigenvalue weighted by molar-refractivity contribution is 5.65. The van der Waals surface area contributed by atoms with Gasteiger partial charge in [0.15, 0.2) is 0 Å². The Morgan fingerprint density at radius 2 is 2.31 bits per heavy atom. The van der Waals surface area contributed by atoms with Crippen LogP contribution in [0.3, 0.4) is 0 Å². The Bertz CT molecular complexity index is 397. The van der Waals surface area contributed by atoms with Crippen LogP contribution in [0.1, 0.15) is 11.5 Å². The molecule has 0 unspecified atom stereocenters. The lowest BCUT2D eigenvalue weighted by Gasteiger charge is -2.18. The molecular formula is C11H13FN2O2. The number of carboxylic acid groups (broad SMARTS) is 1. The topological polar surface area (TPSA) is 61.4 Å². The molecule has 1 aliphatic heterocycles. The summed E-state index contributed by atoms with van der Waals surface area (Å²) < 4.78 is 13.1. The second-order valence-corrected chi connectivity index (χ2v) is 3.88. The van der Waals surface area contributed by atoms with E-state index in [1.54, 1.807) is 6.07 Å². The molecule has 0 aromatic heterocycles. The number of rotatable bonds is 2. The van der Waals surface area contributed by atoms with Crippen LogP contribution in [0.4, 0.5) is 9.18 Å². The van der Waals surface area contributed by atoms with Gasteiger partial charge < -0.3 is 15.7 Å². The lowest BCUT2D eigenvalue weighted by atomic mass is 9.94. The van der Waals surface area contributed by atoms with Gasteiger partial charge in [-0.1, -0.05) is 12.1 Å². The van der Waals surface area contributed by atoms with Crippen LogP contribution in [0.25, 0.3) is 0 Å². The molecule has 0 aliphatic carbocycles. The summed E-state index contributed by atoms with van der Waals surface area (Å²) in [4.78, 5) is 10.6. The number of halogens is 1. The first-order valence-electron chi connectivity index (χ1n) is 5.12. The first kappa shape index (κ1) is 10.9. The van der Waals surface area contributed by atoms with Gasteiger partial charge in [0.05, 0.1) is 6.04 Å². The molecule has 1 aromatic carbocycles. The van der Waals surface area contributed by atoms with Gasteiger partial charge in [-0.3, -0.25) is 0 Å². The van der Waals surface area contributed by atoms with Crippen LogP contribution in [0, 0.1) is 5.82 Å². The molecule has 4 nitrogen and oxygen atoms in total. The maximum Gasteiger partial charge on any atom is 0.404 e. The van der Waals surface area contributed by atoms with Crippen molar-refractivity contribution in [3.63, 3.8) is 0 Å². The summed E-state index contributed by atoms with van der Waals surface area (Å²) in [5.41, 5.74) is 0.823. The Balaban J connectivity index is 2.16. The number of nitrogens with one attached hydrogen (secondary N) is 2. The molecule has 1 amide bonds. The molecule has 1 aromatic rings. The second kappa shape index (κ2) is 4.49. The summed E-state index contributed by atoms with van der Waals surface area (Å²) in [7, 11) is 0. The van der Waals surface area contributed by atoms with Crippen LogP contribution in [0.2, 0.25) is 0 Å². The van der Waals surface area contributed by atoms with Gasteiger partial charge in [0.25, 0.3) is 0 Å². The summed E-state index contributed by atoms with van der Waals surface area (Å²) in [5.74, 6) is -0.301. The van der Waals surface area contributed by atoms with Crippen LogP contribution in [-0.4, -0.2) is 30.3 Å². The van der Waals surface area contributed by atoms with Crippen LogP contribution in [-0.2, 0) is 0 Å². The van der Waals surface area contributed by atoms with E-state index in [2.05, 4.69) is 10.6 Å². The average Bonchev–Trinajstić information content (AvgIpc) is 2.65. The van der Waals surface area contributed by atoms with E-state index in [9.17, 15) is 9.18 Å². The molecule has 0 bridgehead atoms. The van der Waals surface area contributed by atoms with Gasteiger partial charge in [-0.15, -0.1) is 0 Å². The Hall–Kier alpha value is -1.62. The number of hydrogen-bond donors (Lipinski definition) is 3. The van der Waals surface area contributed by atoms with Crippen LogP contribution in [0.5, 0.6) is 0 Å². The molecule has 0 radical (unpaired) electrons. The van der Waals surface area contributed by atoms with Gasteiger partial charge in [0.2, 0.25) is 0 Å². The average molecular weight is 224 g/mol. The van der Waals surface area contributed by atoms with Gasteiger partial charge >= 0.3 is 6.09 Å². The zero-order valence-corrected chi connectivity index (χ0v) is 8.61. The fraction of sp³-hybridized carbons (Fsp3) is 0.364. The Labute approximate surface area is 92.5 Å². The van der Waals surface area contributed by atoms with E-state index >= 15 is 0 Å². The Morgan fingerprint density at radius 3 is 3.00 bits per heavy atom. The number of hydrogen-bond acceptors (Lipinski definition) is 2. The quantitative estimate of drug-likeness (QED) is 0.706. The second-order valence-electron chi connectivity index (χ2n) is 3.88. The van der Waals surface area contributed by atoms with Crippen LogP contribution < -0.4 is 10.6 Å². The first-order valence-corrected chi connectivity index (χ1v) is 5.12. The van der Waals surface area contributed by atoms with Crippen molar-refractivity contribution in [3.05, 3.63) is 35.6 Å². The minimum absolute atomic E-state index is 0.00759. The van der Waals surface area contributed by atoms with Crippen molar-refractivity contribution in [2.45, 2.75) is 12.0 Å². The highest BCUT2D eigenvalue weighted by Gasteiger charge is 2.29. The van der Waals surface area contributed by atoms with E-state index in [-0.39, 0.29) is 17.8 Å². The van der Waals surface area contributed by atoms with Crippen molar-refractivity contribution >= 4 is 6.09 Å². The lowest BCUT2D eigenvalue weighted by molar-refractivity contribution is 0.189. The van der Waals surface area contributed by atoms with Crippen LogP contribution in [0.15, 0.2) is 24.3 Å². The summed E-state index contributed by atoms with van der Waals surface area (Å²) in [5, 5.41) is 14.2.